The molecule has 4 nitrogen and oxygen atoms in total. The van der Waals surface area contributed by atoms with Crippen LogP contribution < -0.4 is 4.90 Å². The Morgan fingerprint density at radius 2 is 1.91 bits per heavy atom. The second-order valence-corrected chi connectivity index (χ2v) is 5.23. The number of halogens is 1. The quantitative estimate of drug-likeness (QED) is 0.629. The lowest BCUT2D eigenvalue weighted by Crippen LogP contribution is -2.45. The van der Waals surface area contributed by atoms with E-state index in [1.807, 2.05) is 18.2 Å². The van der Waals surface area contributed by atoms with Crippen LogP contribution in [0.25, 0.3) is 0 Å². The molecule has 0 spiro atoms. The van der Waals surface area contributed by atoms with Crippen LogP contribution in [-0.4, -0.2) is 41.0 Å². The Balaban J connectivity index is 1.59. The highest BCUT2D eigenvalue weighted by Crippen LogP contribution is 2.14. The smallest absolute Gasteiger partial charge is 0.214 e. The first-order valence-electron chi connectivity index (χ1n) is 7.46. The maximum Gasteiger partial charge on any atom is 0.214 e. The summed E-state index contributed by atoms with van der Waals surface area (Å²) < 4.78 is 13.0. The molecule has 23 heavy (non-hydrogen) atoms. The summed E-state index contributed by atoms with van der Waals surface area (Å²) in [6, 6.07) is 8.93. The summed E-state index contributed by atoms with van der Waals surface area (Å²) in [6.07, 6.45) is 3.22. The fourth-order valence-corrected chi connectivity index (χ4v) is 2.45. The number of aromatic nitrogens is 2. The number of rotatable bonds is 2. The van der Waals surface area contributed by atoms with Crippen LogP contribution in [0.2, 0.25) is 0 Å². The van der Waals surface area contributed by atoms with E-state index in [1.54, 1.807) is 12.3 Å². The molecule has 116 valence electrons. The molecule has 0 radical (unpaired) electrons. The van der Waals surface area contributed by atoms with E-state index in [4.69, 9.17) is 0 Å². The van der Waals surface area contributed by atoms with E-state index < -0.39 is 5.95 Å². The molecule has 1 aliphatic rings. The van der Waals surface area contributed by atoms with Crippen LogP contribution in [0.4, 0.5) is 10.2 Å². The Bertz CT molecular complexity index is 740. The minimum atomic E-state index is -0.522. The molecule has 0 amide bonds. The fraction of sp³-hybridized carbons (Fsp3) is 0.222. The summed E-state index contributed by atoms with van der Waals surface area (Å²) in [7, 11) is 0. The summed E-state index contributed by atoms with van der Waals surface area (Å²) in [4.78, 5) is 12.3. The van der Waals surface area contributed by atoms with Crippen LogP contribution in [-0.2, 0) is 0 Å². The molecule has 2 aromatic heterocycles. The zero-order chi connectivity index (χ0) is 16.1. The predicted molar refractivity (Wildman–Crippen MR) is 88.2 cm³/mol. The van der Waals surface area contributed by atoms with Crippen LogP contribution in [0.1, 0.15) is 5.56 Å². The Morgan fingerprint density at radius 1 is 1.09 bits per heavy atom. The Kier molecular flexibility index (Phi) is 4.53. The average molecular weight is 308 g/mol. The van der Waals surface area contributed by atoms with Crippen molar-refractivity contribution in [3.63, 3.8) is 0 Å². The third-order valence-corrected chi connectivity index (χ3v) is 3.71. The van der Waals surface area contributed by atoms with Gasteiger partial charge in [-0.15, -0.1) is 0 Å². The first kappa shape index (κ1) is 15.0. The number of pyridine rings is 2. The van der Waals surface area contributed by atoms with Gasteiger partial charge in [0.1, 0.15) is 5.82 Å². The van der Waals surface area contributed by atoms with Crippen LogP contribution >= 0.6 is 0 Å². The lowest BCUT2D eigenvalue weighted by molar-refractivity contribution is 0.333. The maximum absolute atomic E-state index is 13.0. The molecule has 0 unspecified atom stereocenters. The molecule has 1 saturated heterocycles. The van der Waals surface area contributed by atoms with E-state index >= 15 is 0 Å². The lowest BCUT2D eigenvalue weighted by Gasteiger charge is -2.36. The van der Waals surface area contributed by atoms with E-state index in [0.717, 1.165) is 37.7 Å². The van der Waals surface area contributed by atoms with Gasteiger partial charge in [0, 0.05) is 50.2 Å². The van der Waals surface area contributed by atoms with Crippen molar-refractivity contribution < 1.29 is 4.39 Å². The number of hydrogen-bond donors (Lipinski definition) is 0. The van der Waals surface area contributed by atoms with Gasteiger partial charge in [-0.1, -0.05) is 18.6 Å². The average Bonchev–Trinajstić information content (AvgIpc) is 2.61. The molecule has 0 atom stereocenters. The van der Waals surface area contributed by atoms with Gasteiger partial charge >= 0.3 is 0 Å². The van der Waals surface area contributed by atoms with Gasteiger partial charge in [0.15, 0.2) is 0 Å². The Morgan fingerprint density at radius 3 is 2.61 bits per heavy atom. The van der Waals surface area contributed by atoms with Crippen LogP contribution in [0.15, 0.2) is 55.0 Å². The van der Waals surface area contributed by atoms with Crippen molar-refractivity contribution in [2.75, 3.05) is 31.1 Å². The number of piperazine rings is 1. The van der Waals surface area contributed by atoms with Gasteiger partial charge in [-0.25, -0.2) is 9.97 Å². The van der Waals surface area contributed by atoms with Crippen LogP contribution in [0.3, 0.4) is 0 Å². The van der Waals surface area contributed by atoms with Gasteiger partial charge in [0.25, 0.3) is 0 Å². The van der Waals surface area contributed by atoms with E-state index in [2.05, 4.69) is 38.2 Å². The van der Waals surface area contributed by atoms with Gasteiger partial charge in [-0.05, 0) is 24.1 Å². The number of hydrogen-bond acceptors (Lipinski definition) is 4. The van der Waals surface area contributed by atoms with Crippen molar-refractivity contribution in [3.8, 4) is 11.8 Å². The molecule has 0 N–H and O–H groups in total. The third-order valence-electron chi connectivity index (χ3n) is 3.71. The molecule has 3 rings (SSSR count). The minimum Gasteiger partial charge on any atom is -0.362 e. The number of nitrogens with zero attached hydrogens (tertiary/aromatic N) is 4. The normalized spacial score (nSPS) is 14.1. The summed E-state index contributed by atoms with van der Waals surface area (Å²) in [5, 5.41) is 0. The summed E-state index contributed by atoms with van der Waals surface area (Å²) in [5.41, 5.74) is 1.36. The molecular formula is C18H17FN4. The molecule has 1 aliphatic heterocycles. The Labute approximate surface area is 135 Å². The fourth-order valence-electron chi connectivity index (χ4n) is 2.45. The van der Waals surface area contributed by atoms with Crippen molar-refractivity contribution in [1.82, 2.24) is 14.9 Å². The molecular weight excluding hydrogens is 291 g/mol. The first-order chi connectivity index (χ1) is 11.2. The molecule has 0 aliphatic carbocycles. The van der Waals surface area contributed by atoms with Gasteiger partial charge in [0.2, 0.25) is 5.95 Å². The van der Waals surface area contributed by atoms with Crippen molar-refractivity contribution >= 4 is 5.82 Å². The van der Waals surface area contributed by atoms with Crippen molar-refractivity contribution in [3.05, 3.63) is 66.5 Å². The van der Waals surface area contributed by atoms with Crippen molar-refractivity contribution in [2.45, 2.75) is 0 Å². The maximum atomic E-state index is 13.0. The first-order valence-corrected chi connectivity index (χ1v) is 7.46. The van der Waals surface area contributed by atoms with Gasteiger partial charge < -0.3 is 9.80 Å². The summed E-state index contributed by atoms with van der Waals surface area (Å²) in [5.74, 6) is 6.41. The summed E-state index contributed by atoms with van der Waals surface area (Å²) in [6.45, 7) is 7.46. The molecule has 0 aromatic carbocycles. The van der Waals surface area contributed by atoms with Crippen molar-refractivity contribution in [1.29, 1.82) is 0 Å². The van der Waals surface area contributed by atoms with Gasteiger partial charge in [-0.3, -0.25) is 0 Å². The lowest BCUT2D eigenvalue weighted by atomic mass is 10.2. The molecule has 0 saturated carbocycles. The third kappa shape index (κ3) is 3.86. The van der Waals surface area contributed by atoms with Crippen LogP contribution in [0, 0.1) is 17.8 Å². The zero-order valence-corrected chi connectivity index (χ0v) is 12.7. The molecule has 1 fully saturated rings. The minimum absolute atomic E-state index is 0.522. The van der Waals surface area contributed by atoms with Gasteiger partial charge in [-0.2, -0.15) is 4.39 Å². The molecule has 5 heteroatoms. The van der Waals surface area contributed by atoms with E-state index in [0.29, 0.717) is 5.56 Å². The topological polar surface area (TPSA) is 32.3 Å². The number of allylic oxidation sites excluding steroid dienone is 1. The van der Waals surface area contributed by atoms with E-state index in [9.17, 15) is 4.39 Å². The van der Waals surface area contributed by atoms with Crippen LogP contribution in [0.5, 0.6) is 0 Å². The molecule has 2 aromatic rings. The summed E-state index contributed by atoms with van der Waals surface area (Å²) >= 11 is 0. The second kappa shape index (κ2) is 6.93. The van der Waals surface area contributed by atoms with Crippen molar-refractivity contribution in [2.24, 2.45) is 0 Å². The second-order valence-electron chi connectivity index (χ2n) is 5.23. The largest absolute Gasteiger partial charge is 0.362 e. The highest BCUT2D eigenvalue weighted by atomic mass is 19.1. The van der Waals surface area contributed by atoms with Gasteiger partial charge in [0.05, 0.1) is 5.70 Å². The van der Waals surface area contributed by atoms with E-state index in [-0.39, 0.29) is 0 Å². The molecule has 3 heterocycles. The number of anilines is 1. The standard InChI is InChI=1S/C18H17FN4/c1-15(5-6-16-7-9-20-17(19)14-16)22-10-12-23(13-11-22)18-4-2-3-8-21-18/h2-4,7-9,14H,1,10-13H2. The van der Waals surface area contributed by atoms with E-state index in [1.165, 1.54) is 12.3 Å². The highest BCUT2D eigenvalue weighted by molar-refractivity contribution is 5.41. The predicted octanol–water partition coefficient (Wildman–Crippen LogP) is 2.30. The molecule has 0 bridgehead atoms. The monoisotopic (exact) mass is 308 g/mol. The SMILES string of the molecule is C=C(C#Cc1ccnc(F)c1)N1CCN(c2ccccn2)CC1. The Hall–Kier alpha value is -2.87. The zero-order valence-electron chi connectivity index (χ0n) is 12.7. The highest BCUT2D eigenvalue weighted by Gasteiger charge is 2.17.